The Kier molecular flexibility index (Phi) is 3.82. The summed E-state index contributed by atoms with van der Waals surface area (Å²) in [4.78, 5) is 6.15. The van der Waals surface area contributed by atoms with Crippen molar-refractivity contribution in [3.8, 4) is 6.07 Å². The van der Waals surface area contributed by atoms with Crippen molar-refractivity contribution >= 4 is 0 Å². The molecule has 0 spiro atoms. The highest BCUT2D eigenvalue weighted by Crippen LogP contribution is 2.53. The van der Waals surface area contributed by atoms with Crippen molar-refractivity contribution in [3.05, 3.63) is 34.9 Å². The summed E-state index contributed by atoms with van der Waals surface area (Å²) in [6.07, 6.45) is 2.24. The minimum Gasteiger partial charge on any atom is -0.293 e. The molecule has 1 aromatic carbocycles. The summed E-state index contributed by atoms with van der Waals surface area (Å²) in [6, 6.07) is 8.91. The molecule has 0 amide bonds. The predicted octanol–water partition coefficient (Wildman–Crippen LogP) is 4.19. The van der Waals surface area contributed by atoms with Crippen molar-refractivity contribution in [1.82, 2.24) is 5.06 Å². The van der Waals surface area contributed by atoms with Crippen LogP contribution in [0.4, 0.5) is 0 Å². The lowest BCUT2D eigenvalue weighted by Crippen LogP contribution is -2.48. The molecule has 1 aromatic rings. The Morgan fingerprint density at radius 2 is 1.96 bits per heavy atom. The Hall–Kier alpha value is -1.37. The maximum absolute atomic E-state index is 9.28. The molecule has 1 aliphatic heterocycles. The van der Waals surface area contributed by atoms with Crippen LogP contribution in [-0.4, -0.2) is 23.8 Å². The van der Waals surface area contributed by atoms with Gasteiger partial charge in [-0.1, -0.05) is 19.9 Å². The van der Waals surface area contributed by atoms with Gasteiger partial charge in [0.05, 0.1) is 17.2 Å². The normalized spacial score (nSPS) is 36.5. The third kappa shape index (κ3) is 2.58. The Labute approximate surface area is 140 Å². The molecule has 23 heavy (non-hydrogen) atoms. The smallest absolute Gasteiger partial charge is 0.0991 e. The number of aryl methyl sites for hydroxylation is 1. The van der Waals surface area contributed by atoms with Gasteiger partial charge in [0.25, 0.3) is 0 Å². The molecule has 124 valence electrons. The molecule has 0 bridgehead atoms. The van der Waals surface area contributed by atoms with Crippen LogP contribution < -0.4 is 0 Å². The van der Waals surface area contributed by atoms with E-state index in [4.69, 9.17) is 4.84 Å². The first kappa shape index (κ1) is 16.5. The van der Waals surface area contributed by atoms with Crippen molar-refractivity contribution in [1.29, 1.82) is 5.26 Å². The van der Waals surface area contributed by atoms with Gasteiger partial charge in [-0.2, -0.15) is 10.3 Å². The fourth-order valence-corrected chi connectivity index (χ4v) is 5.25. The van der Waals surface area contributed by atoms with Gasteiger partial charge in [0, 0.05) is 19.0 Å². The summed E-state index contributed by atoms with van der Waals surface area (Å²) >= 11 is 0. The first-order valence-corrected chi connectivity index (χ1v) is 8.61. The van der Waals surface area contributed by atoms with Crippen LogP contribution >= 0.6 is 0 Å². The van der Waals surface area contributed by atoms with Gasteiger partial charge in [-0.25, -0.2) is 0 Å². The second kappa shape index (κ2) is 5.33. The summed E-state index contributed by atoms with van der Waals surface area (Å²) in [5.74, 6) is 1.07. The first-order valence-electron chi connectivity index (χ1n) is 8.61. The second-order valence-corrected chi connectivity index (χ2v) is 8.43. The standard InChI is InChI=1S/C20H28N2O/c1-13-7-8-15(12-21)9-16(13)20(5)10-14(2)18-17(11-20)19(3,4)23-22(18)6/h7-9,14,17-18H,10-11H2,1-6H3/t14-,17-,18-,20+/m0/s1. The number of nitriles is 1. The van der Waals surface area contributed by atoms with E-state index in [0.29, 0.717) is 17.9 Å². The second-order valence-electron chi connectivity index (χ2n) is 8.43. The van der Waals surface area contributed by atoms with Crippen LogP contribution in [0, 0.1) is 30.1 Å². The summed E-state index contributed by atoms with van der Waals surface area (Å²) in [5, 5.41) is 11.4. The molecule has 1 aliphatic carbocycles. The number of nitrogens with zero attached hydrogens (tertiary/aromatic N) is 2. The van der Waals surface area contributed by atoms with Gasteiger partial charge in [-0.05, 0) is 68.2 Å². The maximum Gasteiger partial charge on any atom is 0.0991 e. The van der Waals surface area contributed by atoms with Gasteiger partial charge < -0.3 is 0 Å². The van der Waals surface area contributed by atoms with E-state index < -0.39 is 0 Å². The number of rotatable bonds is 1. The highest BCUT2D eigenvalue weighted by molar-refractivity contribution is 5.42. The van der Waals surface area contributed by atoms with E-state index in [-0.39, 0.29) is 11.0 Å². The van der Waals surface area contributed by atoms with Crippen LogP contribution in [0.15, 0.2) is 18.2 Å². The zero-order chi connectivity index (χ0) is 17.0. The lowest BCUT2D eigenvalue weighted by molar-refractivity contribution is -0.182. The van der Waals surface area contributed by atoms with E-state index >= 15 is 0 Å². The third-order valence-electron chi connectivity index (χ3n) is 6.15. The largest absolute Gasteiger partial charge is 0.293 e. The van der Waals surface area contributed by atoms with Gasteiger partial charge in [-0.15, -0.1) is 0 Å². The van der Waals surface area contributed by atoms with Gasteiger partial charge in [0.1, 0.15) is 0 Å². The molecule has 1 saturated carbocycles. The average molecular weight is 312 g/mol. The van der Waals surface area contributed by atoms with Crippen molar-refractivity contribution in [2.45, 2.75) is 64.5 Å². The highest BCUT2D eigenvalue weighted by Gasteiger charge is 2.55. The minimum atomic E-state index is -0.129. The van der Waals surface area contributed by atoms with E-state index in [1.54, 1.807) is 0 Å². The first-order chi connectivity index (χ1) is 10.7. The molecule has 1 saturated heterocycles. The van der Waals surface area contributed by atoms with Crippen molar-refractivity contribution in [3.63, 3.8) is 0 Å². The molecule has 0 N–H and O–H groups in total. The van der Waals surface area contributed by atoms with Crippen LogP contribution in [0.25, 0.3) is 0 Å². The molecule has 2 aliphatic rings. The van der Waals surface area contributed by atoms with Crippen LogP contribution in [-0.2, 0) is 10.3 Å². The van der Waals surface area contributed by atoms with Crippen LogP contribution in [0.5, 0.6) is 0 Å². The van der Waals surface area contributed by atoms with Gasteiger partial charge in [0.15, 0.2) is 0 Å². The number of hydroxylamine groups is 2. The average Bonchev–Trinajstić information content (AvgIpc) is 2.68. The lowest BCUT2D eigenvalue weighted by atomic mass is 9.58. The van der Waals surface area contributed by atoms with Crippen molar-refractivity contribution in [2.75, 3.05) is 7.05 Å². The maximum atomic E-state index is 9.28. The van der Waals surface area contributed by atoms with Crippen LogP contribution in [0.1, 0.15) is 57.2 Å². The predicted molar refractivity (Wildman–Crippen MR) is 91.8 cm³/mol. The molecule has 4 atom stereocenters. The third-order valence-corrected chi connectivity index (χ3v) is 6.15. The molecule has 0 aromatic heterocycles. The topological polar surface area (TPSA) is 36.3 Å². The van der Waals surface area contributed by atoms with Gasteiger partial charge >= 0.3 is 0 Å². The van der Waals surface area contributed by atoms with E-state index in [1.807, 2.05) is 6.07 Å². The Morgan fingerprint density at radius 1 is 1.26 bits per heavy atom. The van der Waals surface area contributed by atoms with E-state index in [0.717, 1.165) is 18.4 Å². The molecule has 2 fully saturated rings. The molecule has 3 rings (SSSR count). The Bertz CT molecular complexity index is 660. The summed E-state index contributed by atoms with van der Waals surface area (Å²) in [7, 11) is 2.08. The fraction of sp³-hybridized carbons (Fsp3) is 0.650. The van der Waals surface area contributed by atoms with Crippen molar-refractivity contribution in [2.24, 2.45) is 11.8 Å². The summed E-state index contributed by atoms with van der Waals surface area (Å²) < 4.78 is 0. The number of hydrogen-bond acceptors (Lipinski definition) is 3. The summed E-state index contributed by atoms with van der Waals surface area (Å²) in [6.45, 7) is 11.3. The van der Waals surface area contributed by atoms with Gasteiger partial charge in [-0.3, -0.25) is 4.84 Å². The molecular weight excluding hydrogens is 284 g/mol. The van der Waals surface area contributed by atoms with E-state index in [9.17, 15) is 5.26 Å². The molecule has 3 nitrogen and oxygen atoms in total. The van der Waals surface area contributed by atoms with E-state index in [1.165, 1.54) is 11.1 Å². The summed E-state index contributed by atoms with van der Waals surface area (Å²) in [5.41, 5.74) is 3.37. The number of fused-ring (bicyclic) bond motifs is 1. The lowest BCUT2D eigenvalue weighted by Gasteiger charge is -2.47. The van der Waals surface area contributed by atoms with Crippen molar-refractivity contribution < 1.29 is 4.84 Å². The van der Waals surface area contributed by atoms with Gasteiger partial charge in [0.2, 0.25) is 0 Å². The molecule has 0 radical (unpaired) electrons. The molecular formula is C20H28N2O. The quantitative estimate of drug-likeness (QED) is 0.780. The van der Waals surface area contributed by atoms with Crippen LogP contribution in [0.3, 0.4) is 0 Å². The minimum absolute atomic E-state index is 0.101. The monoisotopic (exact) mass is 312 g/mol. The zero-order valence-corrected chi connectivity index (χ0v) is 15.2. The number of hydrogen-bond donors (Lipinski definition) is 0. The fourth-order valence-electron chi connectivity index (χ4n) is 5.25. The molecule has 3 heteroatoms. The Morgan fingerprint density at radius 3 is 2.61 bits per heavy atom. The Balaban J connectivity index is 2.03. The van der Waals surface area contributed by atoms with E-state index in [2.05, 4.69) is 64.9 Å². The molecule has 1 heterocycles. The highest BCUT2D eigenvalue weighted by atomic mass is 16.7. The molecule has 0 unspecified atom stereocenters. The SMILES string of the molecule is Cc1ccc(C#N)cc1[C@]1(C)C[C@H](C)[C@H]2[C@H](C1)C(C)(C)ON2C. The number of benzene rings is 1. The zero-order valence-electron chi connectivity index (χ0n) is 15.2. The van der Waals surface area contributed by atoms with Crippen LogP contribution in [0.2, 0.25) is 0 Å².